The second-order valence-corrected chi connectivity index (χ2v) is 5.99. The van der Waals surface area contributed by atoms with E-state index in [0.29, 0.717) is 6.54 Å². The van der Waals surface area contributed by atoms with E-state index in [4.69, 9.17) is 10.2 Å². The summed E-state index contributed by atoms with van der Waals surface area (Å²) in [5.74, 6) is 0.891. The first-order valence-corrected chi connectivity index (χ1v) is 8.29. The number of hydrogen-bond acceptors (Lipinski definition) is 4. The minimum Gasteiger partial charge on any atom is -0.468 e. The summed E-state index contributed by atoms with van der Waals surface area (Å²) in [5, 5.41) is 0. The van der Waals surface area contributed by atoms with Crippen molar-refractivity contribution in [3.8, 4) is 0 Å². The number of hydrogen-bond donors (Lipinski definition) is 1. The van der Waals surface area contributed by atoms with Gasteiger partial charge in [-0.05, 0) is 77.6 Å². The number of nitrogens with zero attached hydrogens (tertiary/aromatic N) is 2. The molecule has 122 valence electrons. The van der Waals surface area contributed by atoms with Crippen LogP contribution in [0.15, 0.2) is 16.7 Å². The quantitative estimate of drug-likeness (QED) is 0.602. The van der Waals surface area contributed by atoms with Crippen LogP contribution < -0.4 is 5.73 Å². The average Bonchev–Trinajstić information content (AvgIpc) is 2.94. The number of unbranched alkanes of at least 4 members (excludes halogenated alkanes) is 2. The smallest absolute Gasteiger partial charge is 0.117 e. The topological polar surface area (TPSA) is 45.6 Å². The number of aryl methyl sites for hydroxylation is 1. The first-order valence-electron chi connectivity index (χ1n) is 8.29. The van der Waals surface area contributed by atoms with Crippen LogP contribution in [0.3, 0.4) is 0 Å². The highest BCUT2D eigenvalue weighted by Gasteiger charge is 2.02. The standard InChI is InChI=1S/C17H33N3O/c1-4-19(2)11-8-12-20(3)10-7-5-6-9-16-13-17(14-18)21-15-16/h13,15H,4-12,14,18H2,1-3H3. The van der Waals surface area contributed by atoms with Crippen molar-refractivity contribution in [2.45, 2.75) is 45.6 Å². The monoisotopic (exact) mass is 295 g/mol. The molecule has 21 heavy (non-hydrogen) atoms. The van der Waals surface area contributed by atoms with E-state index in [1.54, 1.807) is 0 Å². The molecule has 0 bridgehead atoms. The van der Waals surface area contributed by atoms with Crippen LogP contribution in [0.25, 0.3) is 0 Å². The Hall–Kier alpha value is -0.840. The molecule has 0 aliphatic carbocycles. The van der Waals surface area contributed by atoms with E-state index in [0.717, 1.165) is 18.7 Å². The van der Waals surface area contributed by atoms with Gasteiger partial charge in [-0.15, -0.1) is 0 Å². The van der Waals surface area contributed by atoms with Gasteiger partial charge in [-0.2, -0.15) is 0 Å². The normalized spacial score (nSPS) is 11.7. The van der Waals surface area contributed by atoms with Gasteiger partial charge in [0.05, 0.1) is 12.8 Å². The predicted molar refractivity (Wildman–Crippen MR) is 89.4 cm³/mol. The third-order valence-corrected chi connectivity index (χ3v) is 4.03. The van der Waals surface area contributed by atoms with Crippen molar-refractivity contribution < 1.29 is 4.42 Å². The van der Waals surface area contributed by atoms with Gasteiger partial charge in [0.15, 0.2) is 0 Å². The average molecular weight is 295 g/mol. The van der Waals surface area contributed by atoms with Crippen molar-refractivity contribution in [3.63, 3.8) is 0 Å². The fourth-order valence-electron chi connectivity index (χ4n) is 2.43. The Morgan fingerprint density at radius 2 is 1.71 bits per heavy atom. The highest BCUT2D eigenvalue weighted by atomic mass is 16.3. The molecule has 0 fully saturated rings. The summed E-state index contributed by atoms with van der Waals surface area (Å²) in [6.07, 6.45) is 8.00. The molecule has 0 aliphatic heterocycles. The molecule has 4 nitrogen and oxygen atoms in total. The maximum Gasteiger partial charge on any atom is 0.117 e. The van der Waals surface area contributed by atoms with Gasteiger partial charge in [0, 0.05) is 0 Å². The predicted octanol–water partition coefficient (Wildman–Crippen LogP) is 2.72. The van der Waals surface area contributed by atoms with E-state index in [1.807, 2.05) is 6.26 Å². The lowest BCUT2D eigenvalue weighted by atomic mass is 10.1. The van der Waals surface area contributed by atoms with E-state index >= 15 is 0 Å². The number of nitrogens with two attached hydrogens (primary N) is 1. The zero-order valence-electron chi connectivity index (χ0n) is 14.1. The molecule has 0 unspecified atom stereocenters. The van der Waals surface area contributed by atoms with Gasteiger partial charge >= 0.3 is 0 Å². The van der Waals surface area contributed by atoms with Gasteiger partial charge in [-0.25, -0.2) is 0 Å². The fraction of sp³-hybridized carbons (Fsp3) is 0.765. The molecule has 0 aromatic carbocycles. The first-order chi connectivity index (χ1) is 10.2. The zero-order chi connectivity index (χ0) is 15.5. The third-order valence-electron chi connectivity index (χ3n) is 4.03. The van der Waals surface area contributed by atoms with Crippen molar-refractivity contribution in [1.29, 1.82) is 0 Å². The molecular weight excluding hydrogens is 262 g/mol. The van der Waals surface area contributed by atoms with Crippen LogP contribution in [-0.2, 0) is 13.0 Å². The van der Waals surface area contributed by atoms with E-state index in [1.165, 1.54) is 50.9 Å². The molecular formula is C17H33N3O. The molecule has 1 rings (SSSR count). The van der Waals surface area contributed by atoms with Gasteiger partial charge < -0.3 is 20.0 Å². The zero-order valence-corrected chi connectivity index (χ0v) is 14.1. The number of furan rings is 1. The SMILES string of the molecule is CCN(C)CCCN(C)CCCCCc1coc(CN)c1. The molecule has 4 heteroatoms. The van der Waals surface area contributed by atoms with Crippen LogP contribution in [0.2, 0.25) is 0 Å². The second-order valence-electron chi connectivity index (χ2n) is 5.99. The number of rotatable bonds is 12. The van der Waals surface area contributed by atoms with E-state index in [2.05, 4.69) is 36.9 Å². The van der Waals surface area contributed by atoms with Crippen LogP contribution in [0.5, 0.6) is 0 Å². The summed E-state index contributed by atoms with van der Waals surface area (Å²) >= 11 is 0. The first kappa shape index (κ1) is 18.2. The van der Waals surface area contributed by atoms with Gasteiger partial charge in [0.1, 0.15) is 5.76 Å². The van der Waals surface area contributed by atoms with Crippen molar-refractivity contribution in [3.05, 3.63) is 23.7 Å². The molecule has 0 atom stereocenters. The van der Waals surface area contributed by atoms with Crippen LogP contribution in [0.4, 0.5) is 0 Å². The molecule has 1 aromatic heterocycles. The largest absolute Gasteiger partial charge is 0.468 e. The molecule has 0 amide bonds. The van der Waals surface area contributed by atoms with Crippen LogP contribution in [0.1, 0.15) is 43.9 Å². The fourth-order valence-corrected chi connectivity index (χ4v) is 2.43. The second kappa shape index (κ2) is 10.8. The summed E-state index contributed by atoms with van der Waals surface area (Å²) in [4.78, 5) is 4.82. The van der Waals surface area contributed by atoms with E-state index in [9.17, 15) is 0 Å². The van der Waals surface area contributed by atoms with Crippen molar-refractivity contribution in [1.82, 2.24) is 9.80 Å². The Morgan fingerprint density at radius 1 is 1.00 bits per heavy atom. The van der Waals surface area contributed by atoms with Crippen molar-refractivity contribution in [2.75, 3.05) is 40.3 Å². The Bertz CT molecular complexity index is 365. The lowest BCUT2D eigenvalue weighted by Crippen LogP contribution is -2.26. The van der Waals surface area contributed by atoms with Crippen LogP contribution >= 0.6 is 0 Å². The summed E-state index contributed by atoms with van der Waals surface area (Å²) < 4.78 is 5.34. The molecule has 0 spiro atoms. The summed E-state index contributed by atoms with van der Waals surface area (Å²) in [6, 6.07) is 2.08. The maximum absolute atomic E-state index is 5.54. The van der Waals surface area contributed by atoms with Gasteiger partial charge in [-0.1, -0.05) is 13.3 Å². The molecule has 0 radical (unpaired) electrons. The Balaban J connectivity index is 1.98. The molecule has 0 saturated heterocycles. The van der Waals surface area contributed by atoms with Gasteiger partial charge in [0.2, 0.25) is 0 Å². The summed E-state index contributed by atoms with van der Waals surface area (Å²) in [5.41, 5.74) is 6.82. The summed E-state index contributed by atoms with van der Waals surface area (Å²) in [6.45, 7) is 7.45. The Morgan fingerprint density at radius 3 is 2.38 bits per heavy atom. The van der Waals surface area contributed by atoms with Gasteiger partial charge in [0.25, 0.3) is 0 Å². The molecule has 0 aliphatic rings. The molecule has 1 heterocycles. The minimum absolute atomic E-state index is 0.498. The lowest BCUT2D eigenvalue weighted by Gasteiger charge is -2.19. The lowest BCUT2D eigenvalue weighted by molar-refractivity contribution is 0.281. The van der Waals surface area contributed by atoms with Gasteiger partial charge in [-0.3, -0.25) is 0 Å². The molecule has 1 aromatic rings. The van der Waals surface area contributed by atoms with E-state index in [-0.39, 0.29) is 0 Å². The van der Waals surface area contributed by atoms with Crippen LogP contribution in [-0.4, -0.2) is 50.1 Å². The maximum atomic E-state index is 5.54. The molecule has 2 N–H and O–H groups in total. The van der Waals surface area contributed by atoms with Crippen molar-refractivity contribution in [2.24, 2.45) is 5.73 Å². The third kappa shape index (κ3) is 8.24. The highest BCUT2D eigenvalue weighted by Crippen LogP contribution is 2.11. The Labute approximate surface area is 130 Å². The van der Waals surface area contributed by atoms with E-state index < -0.39 is 0 Å². The minimum atomic E-state index is 0.498. The van der Waals surface area contributed by atoms with Crippen LogP contribution in [0, 0.1) is 0 Å². The molecule has 0 saturated carbocycles. The highest BCUT2D eigenvalue weighted by molar-refractivity contribution is 5.12. The Kier molecular flexibility index (Phi) is 9.39. The summed E-state index contributed by atoms with van der Waals surface area (Å²) in [7, 11) is 4.42. The van der Waals surface area contributed by atoms with Crippen molar-refractivity contribution >= 4 is 0 Å².